The van der Waals surface area contributed by atoms with Crippen molar-refractivity contribution in [3.05, 3.63) is 34.1 Å². The summed E-state index contributed by atoms with van der Waals surface area (Å²) in [5.74, 6) is -1.21. The third-order valence-electron chi connectivity index (χ3n) is 3.59. The molecule has 0 aliphatic carbocycles. The predicted octanol–water partition coefficient (Wildman–Crippen LogP) is 4.28. The summed E-state index contributed by atoms with van der Waals surface area (Å²) in [6.07, 6.45) is -7.64. The van der Waals surface area contributed by atoms with E-state index in [0.717, 1.165) is 17.0 Å². The van der Waals surface area contributed by atoms with Crippen molar-refractivity contribution in [1.29, 1.82) is 0 Å². The number of halogens is 4. The molecule has 146 valence electrons. The number of aromatic nitrogens is 1. The van der Waals surface area contributed by atoms with Gasteiger partial charge in [-0.05, 0) is 25.0 Å². The lowest BCUT2D eigenvalue weighted by molar-refractivity contribution is -0.391. The number of carbonyl (C=O) groups excluding carboxylic acids is 1. The summed E-state index contributed by atoms with van der Waals surface area (Å²) in [5.41, 5.74) is 0.318. The molecule has 0 atom stereocenters. The maximum absolute atomic E-state index is 13.4. The Hall–Kier alpha value is -2.36. The Morgan fingerprint density at radius 2 is 1.81 bits per heavy atom. The highest BCUT2D eigenvalue weighted by molar-refractivity contribution is 7.09. The zero-order valence-electron chi connectivity index (χ0n) is 14.6. The van der Waals surface area contributed by atoms with Gasteiger partial charge in [-0.15, -0.1) is 11.3 Å². The maximum Gasteiger partial charge on any atom is 0.507 e. The van der Waals surface area contributed by atoms with Crippen molar-refractivity contribution in [1.82, 2.24) is 4.57 Å². The highest BCUT2D eigenvalue weighted by Crippen LogP contribution is 2.47. The molecule has 0 unspecified atom stereocenters. The van der Waals surface area contributed by atoms with E-state index in [9.17, 15) is 22.4 Å². The first-order valence-corrected chi connectivity index (χ1v) is 8.85. The van der Waals surface area contributed by atoms with E-state index < -0.39 is 23.7 Å². The minimum Gasteiger partial charge on any atom is -0.421 e. The number of amides is 1. The van der Waals surface area contributed by atoms with Gasteiger partial charge in [-0.3, -0.25) is 9.36 Å². The van der Waals surface area contributed by atoms with E-state index in [0.29, 0.717) is 10.5 Å². The Labute approximate surface area is 155 Å². The molecule has 10 heteroatoms. The molecule has 1 amide bonds. The lowest BCUT2D eigenvalue weighted by Gasteiger charge is -2.31. The van der Waals surface area contributed by atoms with E-state index in [4.69, 9.17) is 0 Å². The molecule has 0 spiro atoms. The largest absolute Gasteiger partial charge is 0.507 e. The van der Waals surface area contributed by atoms with Gasteiger partial charge >= 0.3 is 12.2 Å². The van der Waals surface area contributed by atoms with E-state index in [1.807, 2.05) is 13.8 Å². The number of ether oxygens (including phenoxy) is 2. The molecule has 0 saturated heterocycles. The highest BCUT2D eigenvalue weighted by Gasteiger charge is 2.65. The Bertz CT molecular complexity index is 950. The second kappa shape index (κ2) is 6.66. The molecule has 2 aromatic rings. The molecule has 0 saturated carbocycles. The topological polar surface area (TPSA) is 52.8 Å². The standard InChI is InChI=1S/C17H16F4N2O3S/c1-9(2)6-14(24)22-15-23(8-10(3)27-15)11-4-5-12-13(7-11)26-17(20,21)16(18,19)25-12/h4-5,7-9H,6H2,1-3H3. The number of hydrogen-bond donors (Lipinski definition) is 0. The number of nitrogens with zero attached hydrogens (tertiary/aromatic N) is 2. The summed E-state index contributed by atoms with van der Waals surface area (Å²) in [7, 11) is 0. The summed E-state index contributed by atoms with van der Waals surface area (Å²) in [5, 5.41) is 0. The first-order chi connectivity index (χ1) is 12.5. The van der Waals surface area contributed by atoms with Gasteiger partial charge in [-0.2, -0.15) is 22.6 Å². The van der Waals surface area contributed by atoms with E-state index >= 15 is 0 Å². The summed E-state index contributed by atoms with van der Waals surface area (Å²) in [6, 6.07) is 3.63. The molecule has 27 heavy (non-hydrogen) atoms. The van der Waals surface area contributed by atoms with E-state index in [1.54, 1.807) is 13.1 Å². The fraction of sp³-hybridized carbons (Fsp3) is 0.412. The van der Waals surface area contributed by atoms with E-state index in [2.05, 4.69) is 14.5 Å². The second-order valence-corrected chi connectivity index (χ2v) is 7.68. The van der Waals surface area contributed by atoms with Crippen LogP contribution in [0.1, 0.15) is 25.1 Å². The quantitative estimate of drug-likeness (QED) is 0.718. The van der Waals surface area contributed by atoms with Crippen LogP contribution in [0.2, 0.25) is 0 Å². The number of alkyl halides is 4. The Morgan fingerprint density at radius 1 is 1.19 bits per heavy atom. The Balaban J connectivity index is 2.03. The Morgan fingerprint density at radius 3 is 2.44 bits per heavy atom. The van der Waals surface area contributed by atoms with Crippen LogP contribution < -0.4 is 14.3 Å². The van der Waals surface area contributed by atoms with Crippen LogP contribution in [0.5, 0.6) is 11.5 Å². The number of carbonyl (C=O) groups is 1. The van der Waals surface area contributed by atoms with Crippen LogP contribution in [0.4, 0.5) is 17.6 Å². The molecule has 0 radical (unpaired) electrons. The minimum atomic E-state index is -4.80. The van der Waals surface area contributed by atoms with Crippen molar-refractivity contribution in [3.8, 4) is 17.2 Å². The Kier molecular flexibility index (Phi) is 4.79. The first-order valence-electron chi connectivity index (χ1n) is 8.03. The van der Waals surface area contributed by atoms with Gasteiger partial charge in [-0.1, -0.05) is 13.8 Å². The summed E-state index contributed by atoms with van der Waals surface area (Å²) >= 11 is 1.24. The molecule has 0 bridgehead atoms. The van der Waals surface area contributed by atoms with Crippen molar-refractivity contribution in [2.24, 2.45) is 10.9 Å². The fourth-order valence-electron chi connectivity index (χ4n) is 2.43. The van der Waals surface area contributed by atoms with Crippen LogP contribution in [0.15, 0.2) is 29.4 Å². The smallest absolute Gasteiger partial charge is 0.421 e. The number of fused-ring (bicyclic) bond motifs is 1. The van der Waals surface area contributed by atoms with Crippen LogP contribution in [-0.2, 0) is 4.79 Å². The maximum atomic E-state index is 13.4. The lowest BCUT2D eigenvalue weighted by Crippen LogP contribution is -2.52. The monoisotopic (exact) mass is 404 g/mol. The molecule has 1 aliphatic rings. The summed E-state index contributed by atoms with van der Waals surface area (Å²) < 4.78 is 63.1. The van der Waals surface area contributed by atoms with Gasteiger partial charge in [0, 0.05) is 23.6 Å². The molecule has 0 N–H and O–H groups in total. The minimum absolute atomic E-state index is 0.133. The van der Waals surface area contributed by atoms with Gasteiger partial charge in [0.2, 0.25) is 5.91 Å². The van der Waals surface area contributed by atoms with Gasteiger partial charge in [0.1, 0.15) is 0 Å². The van der Waals surface area contributed by atoms with E-state index in [-0.39, 0.29) is 18.2 Å². The number of aryl methyl sites for hydroxylation is 1. The van der Waals surface area contributed by atoms with Gasteiger partial charge < -0.3 is 9.47 Å². The third kappa shape index (κ3) is 3.85. The number of thiazole rings is 1. The van der Waals surface area contributed by atoms with Gasteiger partial charge in [0.15, 0.2) is 16.3 Å². The van der Waals surface area contributed by atoms with Crippen LogP contribution in [0.3, 0.4) is 0 Å². The van der Waals surface area contributed by atoms with Crippen molar-refractivity contribution in [2.75, 3.05) is 0 Å². The molecular weight excluding hydrogens is 388 g/mol. The van der Waals surface area contributed by atoms with Crippen molar-refractivity contribution >= 4 is 17.2 Å². The lowest BCUT2D eigenvalue weighted by atomic mass is 10.1. The van der Waals surface area contributed by atoms with Crippen LogP contribution in [-0.4, -0.2) is 22.7 Å². The van der Waals surface area contributed by atoms with Crippen LogP contribution in [0.25, 0.3) is 5.69 Å². The zero-order valence-corrected chi connectivity index (χ0v) is 15.4. The normalized spacial score (nSPS) is 18.0. The average Bonchev–Trinajstić information content (AvgIpc) is 2.87. The molecular formula is C17H16F4N2O3S. The highest BCUT2D eigenvalue weighted by atomic mass is 32.1. The summed E-state index contributed by atoms with van der Waals surface area (Å²) in [6.45, 7) is 5.57. The predicted molar refractivity (Wildman–Crippen MR) is 89.6 cm³/mol. The zero-order chi connectivity index (χ0) is 20.0. The summed E-state index contributed by atoms with van der Waals surface area (Å²) in [4.78, 5) is 17.2. The second-order valence-electron chi connectivity index (χ2n) is 6.47. The van der Waals surface area contributed by atoms with E-state index in [1.165, 1.54) is 22.0 Å². The van der Waals surface area contributed by atoms with Gasteiger partial charge in [-0.25, -0.2) is 0 Å². The molecule has 0 fully saturated rings. The number of rotatable bonds is 3. The molecule has 2 heterocycles. The van der Waals surface area contributed by atoms with Gasteiger partial charge in [0.25, 0.3) is 0 Å². The number of benzene rings is 1. The number of hydrogen-bond acceptors (Lipinski definition) is 4. The molecule has 1 aromatic heterocycles. The molecule has 3 rings (SSSR count). The first kappa shape index (κ1) is 19.4. The molecule has 1 aliphatic heterocycles. The average molecular weight is 404 g/mol. The third-order valence-corrected chi connectivity index (χ3v) is 4.49. The molecule has 5 nitrogen and oxygen atoms in total. The fourth-order valence-corrected chi connectivity index (χ4v) is 3.28. The van der Waals surface area contributed by atoms with Gasteiger partial charge in [0.05, 0.1) is 5.69 Å². The SMILES string of the molecule is Cc1cn(-c2ccc3c(c2)OC(F)(F)C(F)(F)O3)c(=NC(=O)CC(C)C)s1. The van der Waals surface area contributed by atoms with Crippen LogP contribution >= 0.6 is 11.3 Å². The van der Waals surface area contributed by atoms with Crippen molar-refractivity contribution < 1.29 is 31.8 Å². The molecule has 1 aromatic carbocycles. The van der Waals surface area contributed by atoms with Crippen molar-refractivity contribution in [3.63, 3.8) is 0 Å². The van der Waals surface area contributed by atoms with Crippen molar-refractivity contribution in [2.45, 2.75) is 39.4 Å². The van der Waals surface area contributed by atoms with Crippen LogP contribution in [0, 0.1) is 12.8 Å².